The monoisotopic (exact) mass is 295 g/mol. The Morgan fingerprint density at radius 3 is 1.90 bits per heavy atom. The predicted molar refractivity (Wildman–Crippen MR) is 93.5 cm³/mol. The van der Waals surface area contributed by atoms with E-state index in [4.69, 9.17) is 0 Å². The number of nitrogens with zero attached hydrogens (tertiary/aromatic N) is 2. The van der Waals surface area contributed by atoms with E-state index in [0.717, 1.165) is 6.54 Å². The molecule has 0 aromatic carbocycles. The number of rotatable bonds is 13. The lowest BCUT2D eigenvalue weighted by molar-refractivity contribution is 0.0835. The van der Waals surface area contributed by atoms with Gasteiger partial charge in [0.05, 0.1) is 6.54 Å². The maximum absolute atomic E-state index is 4.09. The molecule has 0 radical (unpaired) electrons. The van der Waals surface area contributed by atoms with Crippen molar-refractivity contribution in [3.8, 4) is 0 Å². The zero-order valence-corrected chi connectivity index (χ0v) is 14.7. The first-order valence-corrected chi connectivity index (χ1v) is 9.21. The van der Waals surface area contributed by atoms with Crippen molar-refractivity contribution >= 4 is 6.21 Å². The van der Waals surface area contributed by atoms with Crippen molar-refractivity contribution in [1.29, 1.82) is 0 Å². The minimum absolute atomic E-state index is 0.218. The molecule has 0 aliphatic carbocycles. The van der Waals surface area contributed by atoms with Crippen LogP contribution in [0, 0.1) is 0 Å². The van der Waals surface area contributed by atoms with Gasteiger partial charge in [-0.15, -0.1) is 0 Å². The van der Waals surface area contributed by atoms with E-state index in [2.05, 4.69) is 36.4 Å². The van der Waals surface area contributed by atoms with Crippen molar-refractivity contribution in [1.82, 2.24) is 10.5 Å². The second-order valence-corrected chi connectivity index (χ2v) is 7.12. The van der Waals surface area contributed by atoms with Crippen molar-refractivity contribution in [2.45, 2.75) is 103 Å². The fourth-order valence-corrected chi connectivity index (χ4v) is 3.01. The van der Waals surface area contributed by atoms with Gasteiger partial charge in [-0.05, 0) is 20.3 Å². The van der Waals surface area contributed by atoms with Crippen molar-refractivity contribution in [3.63, 3.8) is 0 Å². The molecule has 0 unspecified atom stereocenters. The molecule has 0 aromatic rings. The van der Waals surface area contributed by atoms with Crippen molar-refractivity contribution in [2.75, 3.05) is 6.54 Å². The highest BCUT2D eigenvalue weighted by Gasteiger charge is 2.27. The van der Waals surface area contributed by atoms with E-state index in [9.17, 15) is 0 Å². The normalized spacial score (nSPS) is 15.6. The Hall–Kier alpha value is -0.570. The Kier molecular flexibility index (Phi) is 9.73. The molecule has 1 N–H and O–H groups in total. The molecule has 0 saturated heterocycles. The van der Waals surface area contributed by atoms with E-state index in [0.29, 0.717) is 0 Å². The zero-order valence-electron chi connectivity index (χ0n) is 14.7. The summed E-state index contributed by atoms with van der Waals surface area (Å²) in [6.07, 6.45) is 18.8. The van der Waals surface area contributed by atoms with Gasteiger partial charge in [-0.25, -0.2) is 5.53 Å². The molecule has 1 aliphatic heterocycles. The maximum Gasteiger partial charge on any atom is 0.0572 e. The SMILES string of the molecule is CCCCCCCCCCCCCC(C)(C)N1CC=NN1. The lowest BCUT2D eigenvalue weighted by Gasteiger charge is -2.34. The predicted octanol–water partition coefficient (Wildman–Crippen LogP) is 5.27. The highest BCUT2D eigenvalue weighted by Crippen LogP contribution is 2.22. The van der Waals surface area contributed by atoms with Crippen LogP contribution in [0.25, 0.3) is 0 Å². The molecule has 0 amide bonds. The first kappa shape index (κ1) is 18.5. The number of unbranched alkanes of at least 4 members (excludes halogenated alkanes) is 10. The van der Waals surface area contributed by atoms with Crippen LogP contribution >= 0.6 is 0 Å². The van der Waals surface area contributed by atoms with E-state index in [1.54, 1.807) is 0 Å². The summed E-state index contributed by atoms with van der Waals surface area (Å²) in [5, 5.41) is 6.33. The van der Waals surface area contributed by atoms with E-state index in [-0.39, 0.29) is 5.54 Å². The molecule has 0 spiro atoms. The van der Waals surface area contributed by atoms with Gasteiger partial charge in [0.1, 0.15) is 0 Å². The van der Waals surface area contributed by atoms with E-state index in [1.807, 2.05) is 6.21 Å². The molecule has 0 aromatic heterocycles. The first-order chi connectivity index (χ1) is 10.2. The van der Waals surface area contributed by atoms with Crippen LogP contribution < -0.4 is 5.53 Å². The topological polar surface area (TPSA) is 27.6 Å². The summed E-state index contributed by atoms with van der Waals surface area (Å²) in [5.41, 5.74) is 3.31. The summed E-state index contributed by atoms with van der Waals surface area (Å²) in [6.45, 7) is 7.84. The minimum Gasteiger partial charge on any atom is -0.240 e. The Morgan fingerprint density at radius 1 is 0.905 bits per heavy atom. The van der Waals surface area contributed by atoms with Gasteiger partial charge in [0.25, 0.3) is 0 Å². The van der Waals surface area contributed by atoms with Gasteiger partial charge in [0.15, 0.2) is 0 Å². The molecular weight excluding hydrogens is 258 g/mol. The van der Waals surface area contributed by atoms with Crippen LogP contribution in [0.2, 0.25) is 0 Å². The van der Waals surface area contributed by atoms with Crippen LogP contribution in [0.3, 0.4) is 0 Å². The molecule has 0 fully saturated rings. The van der Waals surface area contributed by atoms with Crippen LogP contribution in [-0.2, 0) is 0 Å². The van der Waals surface area contributed by atoms with Crippen LogP contribution in [0.15, 0.2) is 5.10 Å². The minimum atomic E-state index is 0.218. The number of hydrogen-bond donors (Lipinski definition) is 1. The average Bonchev–Trinajstić information content (AvgIpc) is 3.00. The molecule has 3 nitrogen and oxygen atoms in total. The highest BCUT2D eigenvalue weighted by molar-refractivity contribution is 5.60. The average molecular weight is 296 g/mol. The summed E-state index contributed by atoms with van der Waals surface area (Å²) in [7, 11) is 0. The van der Waals surface area contributed by atoms with Gasteiger partial charge >= 0.3 is 0 Å². The van der Waals surface area contributed by atoms with Gasteiger partial charge in [-0.2, -0.15) is 10.1 Å². The summed E-state index contributed by atoms with van der Waals surface area (Å²) in [5.74, 6) is 0. The fourth-order valence-electron chi connectivity index (χ4n) is 3.01. The summed E-state index contributed by atoms with van der Waals surface area (Å²) >= 11 is 0. The molecule has 1 heterocycles. The third-order valence-electron chi connectivity index (χ3n) is 4.66. The van der Waals surface area contributed by atoms with Gasteiger partial charge in [-0.1, -0.05) is 77.6 Å². The summed E-state index contributed by atoms with van der Waals surface area (Å²) < 4.78 is 0. The third-order valence-corrected chi connectivity index (χ3v) is 4.66. The van der Waals surface area contributed by atoms with Crippen LogP contribution in [0.5, 0.6) is 0 Å². The highest BCUT2D eigenvalue weighted by atomic mass is 15.7. The number of hydrazine groups is 1. The Bertz CT molecular complexity index is 266. The molecule has 0 atom stereocenters. The lowest BCUT2D eigenvalue weighted by Crippen LogP contribution is -2.47. The van der Waals surface area contributed by atoms with Gasteiger partial charge in [0.2, 0.25) is 0 Å². The Balaban J connectivity index is 1.86. The quantitative estimate of drug-likeness (QED) is 0.469. The molecule has 0 bridgehead atoms. The fraction of sp³-hybridized carbons (Fsp3) is 0.944. The number of hydrazone groups is 1. The molecule has 21 heavy (non-hydrogen) atoms. The third kappa shape index (κ3) is 8.45. The molecule has 0 saturated carbocycles. The first-order valence-electron chi connectivity index (χ1n) is 9.21. The Labute approximate surface area is 132 Å². The maximum atomic E-state index is 4.09. The number of hydrogen-bond acceptors (Lipinski definition) is 3. The van der Waals surface area contributed by atoms with Crippen LogP contribution in [-0.4, -0.2) is 23.3 Å². The molecule has 1 rings (SSSR count). The largest absolute Gasteiger partial charge is 0.240 e. The van der Waals surface area contributed by atoms with Gasteiger partial charge in [-0.3, -0.25) is 0 Å². The van der Waals surface area contributed by atoms with Crippen LogP contribution in [0.1, 0.15) is 97.8 Å². The molecule has 124 valence electrons. The van der Waals surface area contributed by atoms with E-state index >= 15 is 0 Å². The summed E-state index contributed by atoms with van der Waals surface area (Å²) in [6, 6.07) is 0. The van der Waals surface area contributed by atoms with Crippen molar-refractivity contribution < 1.29 is 0 Å². The standard InChI is InChI=1S/C18H37N3/c1-4-5-6-7-8-9-10-11-12-13-14-15-18(2,3)21-17-16-19-20-21/h16,20H,4-15,17H2,1-3H3. The van der Waals surface area contributed by atoms with Crippen molar-refractivity contribution in [2.24, 2.45) is 5.10 Å². The number of nitrogens with one attached hydrogen (secondary N) is 1. The molecule has 1 aliphatic rings. The van der Waals surface area contributed by atoms with Crippen LogP contribution in [0.4, 0.5) is 0 Å². The zero-order chi connectivity index (χ0) is 15.4. The molecule has 3 heteroatoms. The second-order valence-electron chi connectivity index (χ2n) is 7.12. The van der Waals surface area contributed by atoms with E-state index in [1.165, 1.54) is 77.0 Å². The Morgan fingerprint density at radius 2 is 1.43 bits per heavy atom. The molecular formula is C18H37N3. The smallest absolute Gasteiger partial charge is 0.0572 e. The van der Waals surface area contributed by atoms with Gasteiger partial charge in [0, 0.05) is 11.8 Å². The lowest BCUT2D eigenvalue weighted by atomic mass is 9.95. The van der Waals surface area contributed by atoms with Crippen molar-refractivity contribution in [3.05, 3.63) is 0 Å². The second kappa shape index (κ2) is 11.1. The summed E-state index contributed by atoms with van der Waals surface area (Å²) in [4.78, 5) is 0. The van der Waals surface area contributed by atoms with Gasteiger partial charge < -0.3 is 0 Å². The van der Waals surface area contributed by atoms with E-state index < -0.39 is 0 Å².